The summed E-state index contributed by atoms with van der Waals surface area (Å²) in [6, 6.07) is 6.53. The van der Waals surface area contributed by atoms with Gasteiger partial charge in [-0.1, -0.05) is 27.2 Å². The Kier molecular flexibility index (Phi) is 5.98. The van der Waals surface area contributed by atoms with Crippen molar-refractivity contribution in [1.82, 2.24) is 10.3 Å². The first kappa shape index (κ1) is 20.7. The van der Waals surface area contributed by atoms with E-state index in [0.29, 0.717) is 5.91 Å². The van der Waals surface area contributed by atoms with Crippen molar-refractivity contribution in [3.05, 3.63) is 64.8 Å². The van der Waals surface area contributed by atoms with E-state index in [1.165, 1.54) is 28.9 Å². The van der Waals surface area contributed by atoms with Crippen molar-refractivity contribution in [2.24, 2.45) is 11.8 Å². The third-order valence-electron chi connectivity index (χ3n) is 6.55. The molecule has 30 heavy (non-hydrogen) atoms. The molecule has 4 nitrogen and oxygen atoms in total. The van der Waals surface area contributed by atoms with E-state index in [0.717, 1.165) is 56.6 Å². The average molecular weight is 410 g/mol. The van der Waals surface area contributed by atoms with E-state index in [-0.39, 0.29) is 17.7 Å². The number of hydrazine groups is 1. The number of carbonyl (C=O) groups is 1. The predicted molar refractivity (Wildman–Crippen MR) is 119 cm³/mol. The molecule has 5 heteroatoms. The molecule has 0 bridgehead atoms. The molecule has 0 aromatic heterocycles. The summed E-state index contributed by atoms with van der Waals surface area (Å²) in [4.78, 5) is 15.5. The molecule has 1 aromatic rings. The summed E-state index contributed by atoms with van der Waals surface area (Å²) in [5.74, 6) is 0.265. The van der Waals surface area contributed by atoms with Gasteiger partial charge in [0.05, 0.1) is 17.3 Å². The largest absolute Gasteiger partial charge is 0.342 e. The fourth-order valence-corrected chi connectivity index (χ4v) is 5.02. The van der Waals surface area contributed by atoms with Gasteiger partial charge in [-0.3, -0.25) is 9.80 Å². The molecule has 2 atom stereocenters. The summed E-state index contributed by atoms with van der Waals surface area (Å²) in [6.07, 6.45) is 9.27. The number of amides is 1. The summed E-state index contributed by atoms with van der Waals surface area (Å²) in [6.45, 7) is 8.23. The monoisotopic (exact) mass is 409 g/mol. The van der Waals surface area contributed by atoms with Gasteiger partial charge in [0.25, 0.3) is 0 Å². The van der Waals surface area contributed by atoms with Crippen LogP contribution in [0.25, 0.3) is 0 Å². The lowest BCUT2D eigenvalue weighted by Crippen LogP contribution is -2.38. The van der Waals surface area contributed by atoms with E-state index in [1.807, 2.05) is 11.2 Å². The highest BCUT2D eigenvalue weighted by molar-refractivity contribution is 5.84. The Hall–Kier alpha value is -2.56. The number of unbranched alkanes of at least 4 members (excludes halogenated alkanes) is 1. The highest BCUT2D eigenvalue weighted by Crippen LogP contribution is 2.48. The number of anilines is 1. The smallest absolute Gasteiger partial charge is 0.229 e. The molecular formula is C25H32FN3O. The standard InChI is InChI=1S/C25H32FN3O/c1-4-6-14-28(13-5-2)25(30)21-12-7-18-15-23-22(17(3)24(18)21)16-27-29(23)20-10-8-19(26)9-11-20/h8-11,15-17,21,27H,4-7,12-14H2,1-3H3/t17-,21-/m0/s1. The van der Waals surface area contributed by atoms with Gasteiger partial charge in [-0.2, -0.15) is 0 Å². The van der Waals surface area contributed by atoms with Gasteiger partial charge in [0.2, 0.25) is 5.91 Å². The Balaban J connectivity index is 1.61. The molecular weight excluding hydrogens is 377 g/mol. The fraction of sp³-hybridized carbons (Fsp3) is 0.480. The van der Waals surface area contributed by atoms with E-state index >= 15 is 0 Å². The highest BCUT2D eigenvalue weighted by atomic mass is 19.1. The molecule has 0 spiro atoms. The number of nitrogens with one attached hydrogen (secondary N) is 1. The summed E-state index contributed by atoms with van der Waals surface area (Å²) in [5.41, 5.74) is 9.15. The minimum atomic E-state index is -0.237. The molecule has 0 saturated carbocycles. The van der Waals surface area contributed by atoms with Crippen LogP contribution in [0.3, 0.4) is 0 Å². The van der Waals surface area contributed by atoms with Crippen LogP contribution in [-0.4, -0.2) is 23.9 Å². The Morgan fingerprint density at radius 3 is 2.67 bits per heavy atom. The van der Waals surface area contributed by atoms with Gasteiger partial charge in [-0.15, -0.1) is 0 Å². The summed E-state index contributed by atoms with van der Waals surface area (Å²) >= 11 is 0. The minimum absolute atomic E-state index is 0.00280. The van der Waals surface area contributed by atoms with Crippen LogP contribution < -0.4 is 10.4 Å². The Labute approximate surface area is 179 Å². The van der Waals surface area contributed by atoms with Crippen molar-refractivity contribution in [3.8, 4) is 0 Å². The lowest BCUT2D eigenvalue weighted by Gasteiger charge is -2.32. The van der Waals surface area contributed by atoms with Gasteiger partial charge in [-0.05, 0) is 67.2 Å². The quantitative estimate of drug-likeness (QED) is 0.663. The molecule has 160 valence electrons. The number of fused-ring (bicyclic) bond motifs is 1. The normalized spacial score (nSPS) is 22.3. The number of benzene rings is 1. The van der Waals surface area contributed by atoms with Gasteiger partial charge < -0.3 is 10.3 Å². The highest BCUT2D eigenvalue weighted by Gasteiger charge is 2.41. The summed E-state index contributed by atoms with van der Waals surface area (Å²) in [7, 11) is 0. The van der Waals surface area contributed by atoms with Crippen molar-refractivity contribution in [3.63, 3.8) is 0 Å². The second-order valence-electron chi connectivity index (χ2n) is 8.54. The van der Waals surface area contributed by atoms with Crippen LogP contribution in [0.5, 0.6) is 0 Å². The van der Waals surface area contributed by atoms with Crippen LogP contribution in [0.15, 0.2) is 59.0 Å². The third-order valence-corrected chi connectivity index (χ3v) is 6.55. The zero-order valence-electron chi connectivity index (χ0n) is 18.2. The first-order chi connectivity index (χ1) is 14.5. The van der Waals surface area contributed by atoms with Gasteiger partial charge in [0, 0.05) is 30.8 Å². The van der Waals surface area contributed by atoms with Crippen molar-refractivity contribution in [2.45, 2.75) is 52.9 Å². The second-order valence-corrected chi connectivity index (χ2v) is 8.54. The van der Waals surface area contributed by atoms with E-state index < -0.39 is 0 Å². The van der Waals surface area contributed by atoms with Crippen LogP contribution in [0.2, 0.25) is 0 Å². The first-order valence-electron chi connectivity index (χ1n) is 11.3. The summed E-state index contributed by atoms with van der Waals surface area (Å²) in [5, 5.41) is 2.01. The molecule has 4 rings (SSSR count). The van der Waals surface area contributed by atoms with Gasteiger partial charge in [-0.25, -0.2) is 4.39 Å². The number of hydrogen-bond acceptors (Lipinski definition) is 3. The Bertz CT molecular complexity index is 899. The molecule has 1 aliphatic heterocycles. The Morgan fingerprint density at radius 1 is 1.20 bits per heavy atom. The second kappa shape index (κ2) is 8.66. The van der Waals surface area contributed by atoms with E-state index in [2.05, 4.69) is 37.2 Å². The maximum Gasteiger partial charge on any atom is 0.229 e. The number of carbonyl (C=O) groups excluding carboxylic acids is 1. The van der Waals surface area contributed by atoms with E-state index in [9.17, 15) is 9.18 Å². The van der Waals surface area contributed by atoms with Crippen LogP contribution in [0.4, 0.5) is 10.1 Å². The van der Waals surface area contributed by atoms with Crippen molar-refractivity contribution in [2.75, 3.05) is 18.1 Å². The number of halogens is 1. The molecule has 1 heterocycles. The molecule has 0 unspecified atom stereocenters. The number of hydrogen-bond donors (Lipinski definition) is 1. The fourth-order valence-electron chi connectivity index (χ4n) is 5.02. The van der Waals surface area contributed by atoms with Gasteiger partial charge >= 0.3 is 0 Å². The SMILES string of the molecule is CCCCN(CCC)C(=O)[C@H]1CCC2=C1[C@@H](C)C1=CNN(c3ccc(F)cc3)C1=C2. The number of allylic oxidation sites excluding steroid dienone is 3. The molecule has 0 saturated heterocycles. The molecule has 1 N–H and O–H groups in total. The third kappa shape index (κ3) is 3.66. The lowest BCUT2D eigenvalue weighted by molar-refractivity contribution is -0.134. The van der Waals surface area contributed by atoms with E-state index in [1.54, 1.807) is 12.1 Å². The summed E-state index contributed by atoms with van der Waals surface area (Å²) < 4.78 is 13.4. The number of rotatable bonds is 7. The molecule has 1 amide bonds. The Morgan fingerprint density at radius 2 is 1.97 bits per heavy atom. The van der Waals surface area contributed by atoms with Gasteiger partial charge in [0.15, 0.2) is 0 Å². The lowest BCUT2D eigenvalue weighted by atomic mass is 9.80. The maximum absolute atomic E-state index is 13.4. The molecule has 3 aliphatic rings. The van der Waals surface area contributed by atoms with E-state index in [4.69, 9.17) is 0 Å². The molecule has 1 aromatic carbocycles. The number of nitrogens with zero attached hydrogens (tertiary/aromatic N) is 2. The minimum Gasteiger partial charge on any atom is -0.342 e. The van der Waals surface area contributed by atoms with Crippen LogP contribution in [-0.2, 0) is 4.79 Å². The average Bonchev–Trinajstić information content (AvgIpc) is 3.36. The van der Waals surface area contributed by atoms with Crippen molar-refractivity contribution >= 4 is 11.6 Å². The topological polar surface area (TPSA) is 35.6 Å². The van der Waals surface area contributed by atoms with Crippen LogP contribution in [0, 0.1) is 17.7 Å². The zero-order valence-corrected chi connectivity index (χ0v) is 18.2. The molecule has 0 fully saturated rings. The maximum atomic E-state index is 13.4. The van der Waals surface area contributed by atoms with Crippen LogP contribution in [0.1, 0.15) is 52.9 Å². The van der Waals surface area contributed by atoms with Crippen molar-refractivity contribution < 1.29 is 9.18 Å². The van der Waals surface area contributed by atoms with Gasteiger partial charge in [0.1, 0.15) is 5.82 Å². The molecule has 2 aliphatic carbocycles. The first-order valence-corrected chi connectivity index (χ1v) is 11.3. The zero-order chi connectivity index (χ0) is 21.3. The molecule has 0 radical (unpaired) electrons. The van der Waals surface area contributed by atoms with Crippen LogP contribution >= 0.6 is 0 Å². The predicted octanol–water partition coefficient (Wildman–Crippen LogP) is 5.31. The van der Waals surface area contributed by atoms with Crippen molar-refractivity contribution in [1.29, 1.82) is 0 Å².